The fraction of sp³-hybridized carbons (Fsp3) is 0.462. The molecule has 2 rings (SSSR count). The Bertz CT molecular complexity index is 544. The van der Waals surface area contributed by atoms with E-state index in [2.05, 4.69) is 44.2 Å². The van der Waals surface area contributed by atoms with Crippen LogP contribution in [-0.2, 0) is 0 Å². The van der Waals surface area contributed by atoms with Crippen molar-refractivity contribution < 1.29 is 0 Å². The Morgan fingerprint density at radius 2 is 1.95 bits per heavy atom. The van der Waals surface area contributed by atoms with Crippen molar-refractivity contribution in [2.75, 3.05) is 23.3 Å². The minimum Gasteiger partial charge on any atom is -0.357 e. The summed E-state index contributed by atoms with van der Waals surface area (Å²) in [5, 5.41) is 10.3. The maximum atomic E-state index is 4.37. The summed E-state index contributed by atoms with van der Waals surface area (Å²) in [6.07, 6.45) is 1.59. The number of aromatic nitrogens is 4. The van der Waals surface area contributed by atoms with E-state index in [1.807, 2.05) is 19.9 Å². The highest BCUT2D eigenvalue weighted by Crippen LogP contribution is 2.24. The van der Waals surface area contributed by atoms with Crippen LogP contribution in [0.1, 0.15) is 25.1 Å². The van der Waals surface area contributed by atoms with Crippen LogP contribution in [0.15, 0.2) is 12.4 Å². The van der Waals surface area contributed by atoms with Crippen LogP contribution in [0.5, 0.6) is 0 Å². The number of nitrogens with one attached hydrogen (secondary N) is 2. The molecule has 102 valence electrons. The minimum absolute atomic E-state index is 0.768. The molecular weight excluding hydrogens is 240 g/mol. The Morgan fingerprint density at radius 3 is 2.53 bits per heavy atom. The first-order valence-electron chi connectivity index (χ1n) is 6.51. The molecule has 2 aromatic heterocycles. The molecule has 0 unspecified atom stereocenters. The van der Waals surface area contributed by atoms with Gasteiger partial charge >= 0.3 is 0 Å². The van der Waals surface area contributed by atoms with E-state index in [9.17, 15) is 0 Å². The van der Waals surface area contributed by atoms with E-state index in [1.165, 1.54) is 0 Å². The summed E-state index contributed by atoms with van der Waals surface area (Å²) >= 11 is 0. The number of nitrogens with zero attached hydrogens (tertiary/aromatic N) is 4. The number of rotatable bonds is 5. The zero-order valence-corrected chi connectivity index (χ0v) is 11.9. The second-order valence-electron chi connectivity index (χ2n) is 4.40. The van der Waals surface area contributed by atoms with Gasteiger partial charge in [0.25, 0.3) is 0 Å². The third-order valence-electron chi connectivity index (χ3n) is 3.07. The van der Waals surface area contributed by atoms with Crippen LogP contribution >= 0.6 is 0 Å². The molecule has 0 saturated carbocycles. The maximum absolute atomic E-state index is 4.37. The molecule has 0 aliphatic heterocycles. The Morgan fingerprint density at radius 1 is 1.21 bits per heavy atom. The number of hydrogen-bond donors (Lipinski definition) is 2. The quantitative estimate of drug-likeness (QED) is 0.864. The number of anilines is 3. The summed E-state index contributed by atoms with van der Waals surface area (Å²) in [6, 6.07) is 1.94. The van der Waals surface area contributed by atoms with Crippen molar-refractivity contribution in [1.29, 1.82) is 0 Å². The topological polar surface area (TPSA) is 69.7 Å². The van der Waals surface area contributed by atoms with Gasteiger partial charge in [-0.1, -0.05) is 0 Å². The average molecular weight is 260 g/mol. The summed E-state index contributed by atoms with van der Waals surface area (Å²) in [4.78, 5) is 10.9. The number of aromatic amines is 1. The van der Waals surface area contributed by atoms with Crippen LogP contribution in [-0.4, -0.2) is 33.3 Å². The fourth-order valence-corrected chi connectivity index (χ4v) is 2.01. The summed E-state index contributed by atoms with van der Waals surface area (Å²) in [5.74, 6) is 2.53. The average Bonchev–Trinajstić information content (AvgIpc) is 2.81. The molecule has 6 nitrogen and oxygen atoms in total. The Hall–Kier alpha value is -2.11. The molecule has 0 fully saturated rings. The maximum Gasteiger partial charge on any atom is 0.153 e. The summed E-state index contributed by atoms with van der Waals surface area (Å²) in [6.45, 7) is 10.1. The number of aryl methyl sites for hydroxylation is 1. The van der Waals surface area contributed by atoms with E-state index < -0.39 is 0 Å². The Labute approximate surface area is 113 Å². The Balaban J connectivity index is 2.29. The molecule has 0 spiro atoms. The molecule has 19 heavy (non-hydrogen) atoms. The molecular formula is C13H20N6. The first kappa shape index (κ1) is 13.3. The van der Waals surface area contributed by atoms with Crippen molar-refractivity contribution in [3.05, 3.63) is 23.7 Å². The molecule has 0 aromatic carbocycles. The van der Waals surface area contributed by atoms with Gasteiger partial charge in [0.2, 0.25) is 0 Å². The van der Waals surface area contributed by atoms with Gasteiger partial charge in [-0.2, -0.15) is 5.10 Å². The van der Waals surface area contributed by atoms with Crippen LogP contribution in [0, 0.1) is 13.8 Å². The first-order chi connectivity index (χ1) is 9.15. The lowest BCUT2D eigenvalue weighted by Gasteiger charge is -2.22. The van der Waals surface area contributed by atoms with Gasteiger partial charge in [-0.15, -0.1) is 0 Å². The third kappa shape index (κ3) is 2.83. The van der Waals surface area contributed by atoms with Gasteiger partial charge in [0.15, 0.2) is 5.82 Å². The van der Waals surface area contributed by atoms with Crippen molar-refractivity contribution in [1.82, 2.24) is 20.2 Å². The predicted molar refractivity (Wildman–Crippen MR) is 76.9 cm³/mol. The highest BCUT2D eigenvalue weighted by atomic mass is 15.2. The predicted octanol–water partition coefficient (Wildman–Crippen LogP) is 2.41. The second kappa shape index (κ2) is 5.69. The van der Waals surface area contributed by atoms with Crippen molar-refractivity contribution in [2.45, 2.75) is 27.7 Å². The summed E-state index contributed by atoms with van der Waals surface area (Å²) in [5.41, 5.74) is 2.05. The number of hydrogen-bond acceptors (Lipinski definition) is 5. The Kier molecular flexibility index (Phi) is 3.99. The van der Waals surface area contributed by atoms with E-state index in [-0.39, 0.29) is 0 Å². The number of H-pyrrole nitrogens is 1. The van der Waals surface area contributed by atoms with Gasteiger partial charge in [0.1, 0.15) is 18.0 Å². The minimum atomic E-state index is 0.768. The second-order valence-corrected chi connectivity index (χ2v) is 4.40. The van der Waals surface area contributed by atoms with E-state index in [0.29, 0.717) is 0 Å². The molecule has 0 saturated heterocycles. The van der Waals surface area contributed by atoms with Gasteiger partial charge in [-0.25, -0.2) is 9.97 Å². The SMILES string of the molecule is CCN(CC)c1ncnc(Nc2cc(C)[nH]n2)c1C. The normalized spacial score (nSPS) is 10.5. The lowest BCUT2D eigenvalue weighted by atomic mass is 10.3. The molecule has 2 N–H and O–H groups in total. The van der Waals surface area contributed by atoms with Gasteiger partial charge < -0.3 is 10.2 Å². The smallest absolute Gasteiger partial charge is 0.153 e. The van der Waals surface area contributed by atoms with E-state index in [1.54, 1.807) is 6.33 Å². The van der Waals surface area contributed by atoms with Gasteiger partial charge in [0.05, 0.1) is 0 Å². The first-order valence-corrected chi connectivity index (χ1v) is 6.51. The van der Waals surface area contributed by atoms with Crippen molar-refractivity contribution in [3.63, 3.8) is 0 Å². The van der Waals surface area contributed by atoms with Crippen LogP contribution in [0.3, 0.4) is 0 Å². The zero-order chi connectivity index (χ0) is 13.8. The highest BCUT2D eigenvalue weighted by Gasteiger charge is 2.12. The molecule has 0 atom stereocenters. The lowest BCUT2D eigenvalue weighted by Crippen LogP contribution is -2.24. The van der Waals surface area contributed by atoms with E-state index >= 15 is 0 Å². The molecule has 6 heteroatoms. The lowest BCUT2D eigenvalue weighted by molar-refractivity contribution is 0.835. The molecule has 0 aliphatic rings. The van der Waals surface area contributed by atoms with Gasteiger partial charge in [-0.05, 0) is 27.7 Å². The van der Waals surface area contributed by atoms with E-state index in [0.717, 1.165) is 41.8 Å². The van der Waals surface area contributed by atoms with Crippen molar-refractivity contribution >= 4 is 17.5 Å². The molecule has 2 aromatic rings. The van der Waals surface area contributed by atoms with Crippen LogP contribution < -0.4 is 10.2 Å². The summed E-state index contributed by atoms with van der Waals surface area (Å²) in [7, 11) is 0. The molecule has 0 amide bonds. The van der Waals surface area contributed by atoms with Crippen molar-refractivity contribution in [3.8, 4) is 0 Å². The fourth-order valence-electron chi connectivity index (χ4n) is 2.01. The highest BCUT2D eigenvalue weighted by molar-refractivity contribution is 5.63. The van der Waals surface area contributed by atoms with Crippen LogP contribution in [0.4, 0.5) is 17.5 Å². The molecule has 2 heterocycles. The van der Waals surface area contributed by atoms with E-state index in [4.69, 9.17) is 0 Å². The molecule has 0 bridgehead atoms. The summed E-state index contributed by atoms with van der Waals surface area (Å²) < 4.78 is 0. The van der Waals surface area contributed by atoms with Crippen molar-refractivity contribution in [2.24, 2.45) is 0 Å². The largest absolute Gasteiger partial charge is 0.357 e. The van der Waals surface area contributed by atoms with Crippen LogP contribution in [0.2, 0.25) is 0 Å². The monoisotopic (exact) mass is 260 g/mol. The van der Waals surface area contributed by atoms with Gasteiger partial charge in [0, 0.05) is 30.4 Å². The standard InChI is InChI=1S/C13H20N6/c1-5-19(6-2)13-10(4)12(14-8-15-13)16-11-7-9(3)17-18-11/h7-8H,5-6H2,1-4H3,(H2,14,15,16,17,18). The molecule has 0 aliphatic carbocycles. The van der Waals surface area contributed by atoms with Gasteiger partial charge in [-0.3, -0.25) is 5.10 Å². The molecule has 0 radical (unpaired) electrons. The van der Waals surface area contributed by atoms with Crippen LogP contribution in [0.25, 0.3) is 0 Å². The zero-order valence-electron chi connectivity index (χ0n) is 11.9. The third-order valence-corrected chi connectivity index (χ3v) is 3.07.